The van der Waals surface area contributed by atoms with Crippen molar-refractivity contribution in [1.82, 2.24) is 0 Å². The Morgan fingerprint density at radius 3 is 2.84 bits per heavy atom. The first-order valence-corrected chi connectivity index (χ1v) is 7.76. The van der Waals surface area contributed by atoms with Gasteiger partial charge < -0.3 is 5.32 Å². The molecule has 0 saturated heterocycles. The Bertz CT molecular complexity index is 580. The number of amides is 1. The standard InChI is InChI=1S/C13H17NO4S/c1-2-3-4-7-18-19(16,17)11-5-6-12-10(8-11)9-13(15)14-12/h5-6,8H,2-4,7,9H2,1H3,(H,14,15). The fourth-order valence-electron chi connectivity index (χ4n) is 1.95. The molecule has 0 aromatic heterocycles. The Morgan fingerprint density at radius 1 is 1.32 bits per heavy atom. The minimum Gasteiger partial charge on any atom is -0.326 e. The molecule has 0 spiro atoms. The average molecular weight is 283 g/mol. The van der Waals surface area contributed by atoms with Crippen LogP contribution in [-0.2, 0) is 25.5 Å². The van der Waals surface area contributed by atoms with Crippen molar-refractivity contribution < 1.29 is 17.4 Å². The fraction of sp³-hybridized carbons (Fsp3) is 0.462. The molecule has 1 aromatic carbocycles. The molecule has 1 aromatic rings. The van der Waals surface area contributed by atoms with E-state index in [1.54, 1.807) is 6.07 Å². The van der Waals surface area contributed by atoms with E-state index in [-0.39, 0.29) is 23.8 Å². The Morgan fingerprint density at radius 2 is 2.11 bits per heavy atom. The van der Waals surface area contributed by atoms with Crippen LogP contribution in [0.25, 0.3) is 0 Å². The van der Waals surface area contributed by atoms with Crippen LogP contribution in [0.4, 0.5) is 5.69 Å². The molecule has 0 atom stereocenters. The monoisotopic (exact) mass is 283 g/mol. The summed E-state index contributed by atoms with van der Waals surface area (Å²) in [5.74, 6) is -0.117. The lowest BCUT2D eigenvalue weighted by Gasteiger charge is -2.06. The normalized spacial score (nSPS) is 14.3. The van der Waals surface area contributed by atoms with Gasteiger partial charge in [-0.1, -0.05) is 19.8 Å². The van der Waals surface area contributed by atoms with E-state index in [4.69, 9.17) is 4.18 Å². The molecule has 0 bridgehead atoms. The summed E-state index contributed by atoms with van der Waals surface area (Å²) >= 11 is 0. The smallest absolute Gasteiger partial charge is 0.296 e. The zero-order chi connectivity index (χ0) is 13.9. The van der Waals surface area contributed by atoms with Crippen LogP contribution in [0.2, 0.25) is 0 Å². The van der Waals surface area contributed by atoms with E-state index in [2.05, 4.69) is 5.32 Å². The molecule has 1 amide bonds. The lowest BCUT2D eigenvalue weighted by atomic mass is 10.2. The molecule has 19 heavy (non-hydrogen) atoms. The SMILES string of the molecule is CCCCCOS(=O)(=O)c1ccc2c(c1)CC(=O)N2. The average Bonchev–Trinajstić information content (AvgIpc) is 2.73. The zero-order valence-corrected chi connectivity index (χ0v) is 11.6. The second-order valence-corrected chi connectivity index (χ2v) is 6.14. The molecule has 0 aliphatic carbocycles. The molecule has 0 fully saturated rings. The Balaban J connectivity index is 2.09. The molecule has 1 heterocycles. The van der Waals surface area contributed by atoms with Crippen LogP contribution in [0.1, 0.15) is 31.7 Å². The van der Waals surface area contributed by atoms with Gasteiger partial charge in [0.1, 0.15) is 0 Å². The maximum Gasteiger partial charge on any atom is 0.296 e. The summed E-state index contributed by atoms with van der Waals surface area (Å²) in [5.41, 5.74) is 1.37. The molecule has 1 N–H and O–H groups in total. The van der Waals surface area contributed by atoms with E-state index in [1.165, 1.54) is 12.1 Å². The van der Waals surface area contributed by atoms with Crippen molar-refractivity contribution in [2.24, 2.45) is 0 Å². The Hall–Kier alpha value is -1.40. The van der Waals surface area contributed by atoms with E-state index in [9.17, 15) is 13.2 Å². The van der Waals surface area contributed by atoms with Gasteiger partial charge in [0.25, 0.3) is 10.1 Å². The number of benzene rings is 1. The van der Waals surface area contributed by atoms with Crippen molar-refractivity contribution in [2.45, 2.75) is 37.5 Å². The third-order valence-electron chi connectivity index (χ3n) is 2.98. The number of hydrogen-bond acceptors (Lipinski definition) is 4. The third-order valence-corrected chi connectivity index (χ3v) is 4.29. The number of nitrogens with one attached hydrogen (secondary N) is 1. The van der Waals surface area contributed by atoms with Crippen molar-refractivity contribution in [2.75, 3.05) is 11.9 Å². The predicted octanol–water partition coefficient (Wildman–Crippen LogP) is 2.08. The number of fused-ring (bicyclic) bond motifs is 1. The topological polar surface area (TPSA) is 72.5 Å². The lowest BCUT2D eigenvalue weighted by Crippen LogP contribution is -2.08. The summed E-state index contributed by atoms with van der Waals surface area (Å²) < 4.78 is 28.9. The van der Waals surface area contributed by atoms with Gasteiger partial charge >= 0.3 is 0 Å². The van der Waals surface area contributed by atoms with Crippen molar-refractivity contribution in [3.8, 4) is 0 Å². The number of unbranched alkanes of at least 4 members (excludes halogenated alkanes) is 2. The number of anilines is 1. The fourth-order valence-corrected chi connectivity index (χ4v) is 2.94. The highest BCUT2D eigenvalue weighted by Crippen LogP contribution is 2.26. The minimum absolute atomic E-state index is 0.110. The van der Waals surface area contributed by atoms with Crippen LogP contribution in [0.15, 0.2) is 23.1 Å². The van der Waals surface area contributed by atoms with Gasteiger partial charge in [-0.05, 0) is 30.2 Å². The first kappa shape index (κ1) is 14.0. The molecular formula is C13H17NO4S. The van der Waals surface area contributed by atoms with E-state index >= 15 is 0 Å². The molecule has 0 saturated carbocycles. The van der Waals surface area contributed by atoms with Crippen LogP contribution < -0.4 is 5.32 Å². The maximum atomic E-state index is 11.9. The van der Waals surface area contributed by atoms with Gasteiger partial charge in [-0.3, -0.25) is 8.98 Å². The van der Waals surface area contributed by atoms with Crippen LogP contribution in [0.3, 0.4) is 0 Å². The van der Waals surface area contributed by atoms with E-state index in [0.717, 1.165) is 19.3 Å². The minimum atomic E-state index is -3.72. The maximum absolute atomic E-state index is 11.9. The highest BCUT2D eigenvalue weighted by atomic mass is 32.2. The van der Waals surface area contributed by atoms with Crippen molar-refractivity contribution >= 4 is 21.7 Å². The molecular weight excluding hydrogens is 266 g/mol. The second-order valence-electron chi connectivity index (χ2n) is 4.53. The van der Waals surface area contributed by atoms with Crippen LogP contribution >= 0.6 is 0 Å². The summed E-state index contributed by atoms with van der Waals surface area (Å²) in [5, 5.41) is 2.66. The number of rotatable bonds is 6. The van der Waals surface area contributed by atoms with E-state index < -0.39 is 10.1 Å². The quantitative estimate of drug-likeness (QED) is 0.641. The molecule has 104 valence electrons. The summed E-state index contributed by atoms with van der Waals surface area (Å²) in [6.07, 6.45) is 2.89. The molecule has 0 radical (unpaired) electrons. The summed E-state index contributed by atoms with van der Waals surface area (Å²) in [6, 6.07) is 4.56. The highest BCUT2D eigenvalue weighted by molar-refractivity contribution is 7.86. The van der Waals surface area contributed by atoms with Crippen LogP contribution in [0, 0.1) is 0 Å². The zero-order valence-electron chi connectivity index (χ0n) is 10.8. The highest BCUT2D eigenvalue weighted by Gasteiger charge is 2.22. The van der Waals surface area contributed by atoms with E-state index in [1.807, 2.05) is 6.92 Å². The predicted molar refractivity (Wildman–Crippen MR) is 71.4 cm³/mol. The molecule has 0 unspecified atom stereocenters. The van der Waals surface area contributed by atoms with Gasteiger partial charge in [0.15, 0.2) is 0 Å². The van der Waals surface area contributed by atoms with Crippen LogP contribution in [-0.4, -0.2) is 20.9 Å². The lowest BCUT2D eigenvalue weighted by molar-refractivity contribution is -0.115. The second kappa shape index (κ2) is 5.71. The van der Waals surface area contributed by atoms with Gasteiger partial charge in [0, 0.05) is 5.69 Å². The molecule has 1 aliphatic heterocycles. The van der Waals surface area contributed by atoms with Gasteiger partial charge in [0.2, 0.25) is 5.91 Å². The van der Waals surface area contributed by atoms with Gasteiger partial charge in [0.05, 0.1) is 17.9 Å². The number of carbonyl (C=O) groups is 1. The first-order chi connectivity index (χ1) is 9.03. The van der Waals surface area contributed by atoms with Crippen molar-refractivity contribution in [1.29, 1.82) is 0 Å². The first-order valence-electron chi connectivity index (χ1n) is 6.35. The molecule has 6 heteroatoms. The number of carbonyl (C=O) groups excluding carboxylic acids is 1. The molecule has 2 rings (SSSR count). The van der Waals surface area contributed by atoms with Crippen molar-refractivity contribution in [3.05, 3.63) is 23.8 Å². The van der Waals surface area contributed by atoms with Crippen molar-refractivity contribution in [3.63, 3.8) is 0 Å². The van der Waals surface area contributed by atoms with Gasteiger partial charge in [-0.25, -0.2) is 0 Å². The summed E-state index contributed by atoms with van der Waals surface area (Å²) in [7, 11) is -3.72. The van der Waals surface area contributed by atoms with Gasteiger partial charge in [-0.2, -0.15) is 8.42 Å². The molecule has 1 aliphatic rings. The summed E-state index contributed by atoms with van der Waals surface area (Å²) in [6.45, 7) is 2.24. The van der Waals surface area contributed by atoms with E-state index in [0.29, 0.717) is 11.3 Å². The Kier molecular flexibility index (Phi) is 4.21. The Labute approximate surface area is 113 Å². The van der Waals surface area contributed by atoms with Gasteiger partial charge in [-0.15, -0.1) is 0 Å². The number of hydrogen-bond donors (Lipinski definition) is 1. The summed E-state index contributed by atoms with van der Waals surface area (Å²) in [4.78, 5) is 11.3. The van der Waals surface area contributed by atoms with Crippen LogP contribution in [0.5, 0.6) is 0 Å². The largest absolute Gasteiger partial charge is 0.326 e. The molecule has 5 nitrogen and oxygen atoms in total. The third kappa shape index (κ3) is 3.33.